The van der Waals surface area contributed by atoms with E-state index in [4.69, 9.17) is 4.74 Å². The van der Waals surface area contributed by atoms with Gasteiger partial charge in [-0.3, -0.25) is 10.1 Å². The van der Waals surface area contributed by atoms with Crippen LogP contribution in [-0.4, -0.2) is 29.0 Å². The summed E-state index contributed by atoms with van der Waals surface area (Å²) in [5, 5.41) is 10.1. The molecule has 0 atom stereocenters. The number of hydrogen-bond donors (Lipinski definition) is 0. The Hall–Kier alpha value is -2.43. The Bertz CT molecular complexity index is 720. The Morgan fingerprint density at radius 2 is 2.13 bits per heavy atom. The van der Waals surface area contributed by atoms with Gasteiger partial charge in [-0.25, -0.2) is 4.98 Å². The maximum Gasteiger partial charge on any atom is 0.443 e. The molecule has 0 aliphatic carbocycles. The lowest BCUT2D eigenvalue weighted by molar-refractivity contribution is -0.384. The number of halogens is 3. The van der Waals surface area contributed by atoms with Crippen LogP contribution < -0.4 is 9.64 Å². The fourth-order valence-electron chi connectivity index (χ4n) is 1.78. The first-order valence-corrected chi connectivity index (χ1v) is 6.96. The van der Waals surface area contributed by atoms with E-state index in [0.717, 1.165) is 6.20 Å². The topological polar surface area (TPSA) is 81.4 Å². The molecule has 0 spiro atoms. The van der Waals surface area contributed by atoms with E-state index < -0.39 is 16.1 Å². The van der Waals surface area contributed by atoms with Crippen LogP contribution in [0.15, 0.2) is 18.3 Å². The van der Waals surface area contributed by atoms with Gasteiger partial charge in [0.1, 0.15) is 0 Å². The van der Waals surface area contributed by atoms with Crippen LogP contribution in [0.2, 0.25) is 0 Å². The molecule has 0 unspecified atom stereocenters. The first-order valence-electron chi connectivity index (χ1n) is 6.15. The summed E-state index contributed by atoms with van der Waals surface area (Å²) in [5.41, 5.74) is -0.270. The SMILES string of the molecule is COc1ccc([N+](=O)[O-])c(N(C)Cc2cnc(C(F)(F)F)s2)n1. The van der Waals surface area contributed by atoms with Crippen molar-refractivity contribution in [2.45, 2.75) is 12.7 Å². The highest BCUT2D eigenvalue weighted by atomic mass is 32.1. The Morgan fingerprint density at radius 3 is 2.65 bits per heavy atom. The second kappa shape index (κ2) is 6.36. The number of nitro groups is 1. The van der Waals surface area contributed by atoms with Crippen molar-refractivity contribution in [3.05, 3.63) is 38.3 Å². The zero-order valence-corrected chi connectivity index (χ0v) is 12.8. The van der Waals surface area contributed by atoms with Crippen LogP contribution in [0.4, 0.5) is 24.7 Å². The molecule has 0 saturated heterocycles. The van der Waals surface area contributed by atoms with Gasteiger partial charge in [0.05, 0.1) is 18.6 Å². The van der Waals surface area contributed by atoms with Gasteiger partial charge in [-0.1, -0.05) is 0 Å². The molecule has 0 radical (unpaired) electrons. The zero-order chi connectivity index (χ0) is 17.2. The monoisotopic (exact) mass is 348 g/mol. The number of thiazole rings is 1. The van der Waals surface area contributed by atoms with Gasteiger partial charge in [-0.15, -0.1) is 11.3 Å². The second-order valence-corrected chi connectivity index (χ2v) is 5.55. The summed E-state index contributed by atoms with van der Waals surface area (Å²) >= 11 is 0.480. The van der Waals surface area contributed by atoms with Crippen molar-refractivity contribution in [3.8, 4) is 5.88 Å². The van der Waals surface area contributed by atoms with Crippen LogP contribution in [-0.2, 0) is 12.7 Å². The quantitative estimate of drug-likeness (QED) is 0.610. The van der Waals surface area contributed by atoms with Crippen molar-refractivity contribution in [2.75, 3.05) is 19.1 Å². The molecule has 124 valence electrons. The van der Waals surface area contributed by atoms with Gasteiger partial charge in [0.15, 0.2) is 5.01 Å². The number of pyridine rings is 1. The number of aromatic nitrogens is 2. The van der Waals surface area contributed by atoms with Gasteiger partial charge < -0.3 is 9.64 Å². The summed E-state index contributed by atoms with van der Waals surface area (Å²) in [6.07, 6.45) is -3.42. The highest BCUT2D eigenvalue weighted by molar-refractivity contribution is 7.11. The molecule has 2 aromatic rings. The zero-order valence-electron chi connectivity index (χ0n) is 12.0. The largest absolute Gasteiger partial charge is 0.481 e. The minimum atomic E-state index is -4.51. The fourth-order valence-corrected chi connectivity index (χ4v) is 2.61. The van der Waals surface area contributed by atoms with Gasteiger partial charge in [-0.2, -0.15) is 18.2 Å². The van der Waals surface area contributed by atoms with Crippen LogP contribution >= 0.6 is 11.3 Å². The van der Waals surface area contributed by atoms with E-state index in [-0.39, 0.29) is 23.9 Å². The summed E-state index contributed by atoms with van der Waals surface area (Å²) in [5.74, 6) is 0.161. The van der Waals surface area contributed by atoms with Crippen molar-refractivity contribution in [3.63, 3.8) is 0 Å². The number of rotatable bonds is 5. The highest BCUT2D eigenvalue weighted by Gasteiger charge is 2.34. The van der Waals surface area contributed by atoms with Gasteiger partial charge in [0.25, 0.3) is 0 Å². The summed E-state index contributed by atoms with van der Waals surface area (Å²) in [6, 6.07) is 2.56. The number of methoxy groups -OCH3 is 1. The van der Waals surface area contributed by atoms with Crippen molar-refractivity contribution in [2.24, 2.45) is 0 Å². The van der Waals surface area contributed by atoms with Crippen LogP contribution in [0.5, 0.6) is 5.88 Å². The average Bonchev–Trinajstić information content (AvgIpc) is 2.95. The number of hydrogen-bond acceptors (Lipinski definition) is 7. The summed E-state index contributed by atoms with van der Waals surface area (Å²) in [6.45, 7) is -0.00520. The van der Waals surface area contributed by atoms with Crippen LogP contribution in [0.1, 0.15) is 9.88 Å². The third-order valence-electron chi connectivity index (χ3n) is 2.79. The highest BCUT2D eigenvalue weighted by Crippen LogP contribution is 2.34. The van der Waals surface area contributed by atoms with Gasteiger partial charge in [-0.05, 0) is 0 Å². The summed E-state index contributed by atoms with van der Waals surface area (Å²) in [4.78, 5) is 19.4. The molecular formula is C12H11F3N4O3S. The fraction of sp³-hybridized carbons (Fsp3) is 0.333. The third-order valence-corrected chi connectivity index (χ3v) is 3.81. The minimum absolute atomic E-state index is 0.00342. The van der Waals surface area contributed by atoms with Gasteiger partial charge in [0.2, 0.25) is 11.7 Å². The van der Waals surface area contributed by atoms with Crippen molar-refractivity contribution in [1.29, 1.82) is 0 Å². The lowest BCUT2D eigenvalue weighted by atomic mass is 10.3. The minimum Gasteiger partial charge on any atom is -0.481 e. The number of anilines is 1. The van der Waals surface area contributed by atoms with Crippen LogP contribution in [0.3, 0.4) is 0 Å². The van der Waals surface area contributed by atoms with E-state index in [1.165, 1.54) is 31.2 Å². The predicted molar refractivity (Wildman–Crippen MR) is 76.7 cm³/mol. The molecular weight excluding hydrogens is 337 g/mol. The standard InChI is InChI=1S/C12H11F3N4O3S/c1-18(6-7-5-16-11(23-7)12(13,14)15)10-8(19(20)21)3-4-9(17-10)22-2/h3-5H,6H2,1-2H3. The molecule has 23 heavy (non-hydrogen) atoms. The maximum absolute atomic E-state index is 12.5. The lowest BCUT2D eigenvalue weighted by Gasteiger charge is -2.17. The van der Waals surface area contributed by atoms with Crippen molar-refractivity contribution in [1.82, 2.24) is 9.97 Å². The van der Waals surface area contributed by atoms with Crippen LogP contribution in [0.25, 0.3) is 0 Å². The smallest absolute Gasteiger partial charge is 0.443 e. The first-order chi connectivity index (χ1) is 10.7. The first kappa shape index (κ1) is 16.9. The molecule has 0 aliphatic heterocycles. The molecule has 2 heterocycles. The van der Waals surface area contributed by atoms with Crippen molar-refractivity contribution >= 4 is 22.8 Å². The second-order valence-electron chi connectivity index (χ2n) is 4.44. The Morgan fingerprint density at radius 1 is 1.43 bits per heavy atom. The number of ether oxygens (including phenoxy) is 1. The van der Waals surface area contributed by atoms with E-state index >= 15 is 0 Å². The summed E-state index contributed by atoms with van der Waals surface area (Å²) < 4.78 is 42.6. The maximum atomic E-state index is 12.5. The molecule has 0 amide bonds. The van der Waals surface area contributed by atoms with E-state index in [1.54, 1.807) is 0 Å². The molecule has 2 rings (SSSR count). The molecule has 0 fully saturated rings. The van der Waals surface area contributed by atoms with Crippen LogP contribution in [0, 0.1) is 10.1 Å². The Labute approximate surface area is 132 Å². The molecule has 0 bridgehead atoms. The Balaban J connectivity index is 2.28. The molecule has 0 saturated carbocycles. The average molecular weight is 348 g/mol. The molecule has 0 aromatic carbocycles. The van der Waals surface area contributed by atoms with E-state index in [1.807, 2.05) is 0 Å². The third kappa shape index (κ3) is 3.86. The molecule has 0 aliphatic rings. The van der Waals surface area contributed by atoms with Gasteiger partial charge >= 0.3 is 11.9 Å². The summed E-state index contributed by atoms with van der Waals surface area (Å²) in [7, 11) is 2.85. The normalized spacial score (nSPS) is 11.3. The number of nitrogens with zero attached hydrogens (tertiary/aromatic N) is 4. The van der Waals surface area contributed by atoms with E-state index in [0.29, 0.717) is 16.2 Å². The van der Waals surface area contributed by atoms with Crippen molar-refractivity contribution < 1.29 is 22.8 Å². The molecule has 2 aromatic heterocycles. The molecule has 0 N–H and O–H groups in total. The molecule has 11 heteroatoms. The van der Waals surface area contributed by atoms with E-state index in [2.05, 4.69) is 9.97 Å². The molecule has 7 nitrogen and oxygen atoms in total. The van der Waals surface area contributed by atoms with Gasteiger partial charge in [0, 0.05) is 30.3 Å². The van der Waals surface area contributed by atoms with E-state index in [9.17, 15) is 23.3 Å². The number of alkyl halides is 3. The predicted octanol–water partition coefficient (Wildman–Crippen LogP) is 3.11. The lowest BCUT2D eigenvalue weighted by Crippen LogP contribution is -2.18. The Kier molecular flexibility index (Phi) is 4.68.